The number of nitro groups is 1. The van der Waals surface area contributed by atoms with Crippen LogP contribution in [0.25, 0.3) is 0 Å². The molecule has 94 valence electrons. The van der Waals surface area contributed by atoms with Gasteiger partial charge < -0.3 is 5.32 Å². The minimum Gasteiger partial charge on any atom is -0.364 e. The quantitative estimate of drug-likeness (QED) is 0.646. The van der Waals surface area contributed by atoms with Gasteiger partial charge in [0.25, 0.3) is 0 Å². The molecule has 0 aliphatic carbocycles. The number of pyridine rings is 1. The molecule has 0 fully saturated rings. The van der Waals surface area contributed by atoms with Gasteiger partial charge in [-0.05, 0) is 18.2 Å². The Bertz CT molecular complexity index is 637. The summed E-state index contributed by atoms with van der Waals surface area (Å²) in [5, 5.41) is 30.0. The van der Waals surface area contributed by atoms with Crippen LogP contribution in [0, 0.1) is 21.4 Å². The largest absolute Gasteiger partial charge is 0.364 e. The van der Waals surface area contributed by atoms with E-state index in [1.807, 2.05) is 0 Å². The number of hydrogen-bond acceptors (Lipinski definition) is 7. The number of nitriles is 1. The maximum absolute atomic E-state index is 10.6. The SMILES string of the molecule is N#Cc1nc(NCc2cccnn2)ccc1[N+](=O)[O-]. The van der Waals surface area contributed by atoms with Gasteiger partial charge in [0, 0.05) is 12.3 Å². The molecule has 0 saturated carbocycles. The molecule has 0 saturated heterocycles. The molecule has 8 heteroatoms. The zero-order chi connectivity index (χ0) is 13.7. The lowest BCUT2D eigenvalue weighted by Gasteiger charge is -2.04. The van der Waals surface area contributed by atoms with Crippen LogP contribution in [0.4, 0.5) is 11.5 Å². The maximum Gasteiger partial charge on any atom is 0.305 e. The molecule has 8 nitrogen and oxygen atoms in total. The van der Waals surface area contributed by atoms with Crippen LogP contribution in [0.1, 0.15) is 11.4 Å². The van der Waals surface area contributed by atoms with E-state index < -0.39 is 4.92 Å². The van der Waals surface area contributed by atoms with Crippen LogP contribution in [-0.2, 0) is 6.54 Å². The summed E-state index contributed by atoms with van der Waals surface area (Å²) >= 11 is 0. The number of aromatic nitrogens is 3. The molecular weight excluding hydrogens is 248 g/mol. The van der Waals surface area contributed by atoms with Crippen molar-refractivity contribution in [3.05, 3.63) is 52.0 Å². The Morgan fingerprint density at radius 1 is 1.42 bits per heavy atom. The van der Waals surface area contributed by atoms with Gasteiger partial charge in [-0.25, -0.2) is 4.98 Å². The predicted molar refractivity (Wildman–Crippen MR) is 65.0 cm³/mol. The van der Waals surface area contributed by atoms with Crippen LogP contribution in [-0.4, -0.2) is 20.1 Å². The first-order chi connectivity index (χ1) is 9.20. The Hall–Kier alpha value is -3.08. The van der Waals surface area contributed by atoms with Gasteiger partial charge in [0.15, 0.2) is 0 Å². The van der Waals surface area contributed by atoms with E-state index in [4.69, 9.17) is 5.26 Å². The van der Waals surface area contributed by atoms with E-state index in [2.05, 4.69) is 20.5 Å². The molecule has 0 atom stereocenters. The average molecular weight is 256 g/mol. The van der Waals surface area contributed by atoms with E-state index in [0.717, 1.165) is 0 Å². The molecule has 0 amide bonds. The summed E-state index contributed by atoms with van der Waals surface area (Å²) < 4.78 is 0. The van der Waals surface area contributed by atoms with E-state index in [0.29, 0.717) is 18.1 Å². The number of anilines is 1. The van der Waals surface area contributed by atoms with Crippen molar-refractivity contribution in [1.82, 2.24) is 15.2 Å². The van der Waals surface area contributed by atoms with E-state index in [1.54, 1.807) is 24.4 Å². The summed E-state index contributed by atoms with van der Waals surface area (Å²) in [4.78, 5) is 13.9. The van der Waals surface area contributed by atoms with E-state index >= 15 is 0 Å². The summed E-state index contributed by atoms with van der Waals surface area (Å²) in [6.07, 6.45) is 1.56. The Labute approximate surface area is 107 Å². The van der Waals surface area contributed by atoms with Crippen molar-refractivity contribution >= 4 is 11.5 Å². The summed E-state index contributed by atoms with van der Waals surface area (Å²) in [6.45, 7) is 0.365. The van der Waals surface area contributed by atoms with Crippen molar-refractivity contribution in [2.24, 2.45) is 0 Å². The molecule has 0 radical (unpaired) electrons. The summed E-state index contributed by atoms with van der Waals surface area (Å²) in [6, 6.07) is 7.89. The first kappa shape index (κ1) is 12.4. The third-order valence-corrected chi connectivity index (χ3v) is 2.25. The lowest BCUT2D eigenvalue weighted by molar-refractivity contribution is -0.385. The van der Waals surface area contributed by atoms with Gasteiger partial charge in [0.1, 0.15) is 11.9 Å². The van der Waals surface area contributed by atoms with E-state index in [9.17, 15) is 10.1 Å². The number of rotatable bonds is 4. The van der Waals surface area contributed by atoms with Crippen LogP contribution in [0.2, 0.25) is 0 Å². The molecule has 2 aromatic rings. The Morgan fingerprint density at radius 3 is 2.89 bits per heavy atom. The molecule has 0 aromatic carbocycles. The van der Waals surface area contributed by atoms with Gasteiger partial charge in [-0.3, -0.25) is 10.1 Å². The number of nitrogens with zero attached hydrogens (tertiary/aromatic N) is 5. The molecular formula is C11H8N6O2. The highest BCUT2D eigenvalue weighted by Crippen LogP contribution is 2.18. The van der Waals surface area contributed by atoms with Crippen LogP contribution in [0.3, 0.4) is 0 Å². The highest BCUT2D eigenvalue weighted by Gasteiger charge is 2.15. The van der Waals surface area contributed by atoms with Crippen molar-refractivity contribution in [1.29, 1.82) is 5.26 Å². The zero-order valence-corrected chi connectivity index (χ0v) is 9.65. The second-order valence-corrected chi connectivity index (χ2v) is 3.50. The van der Waals surface area contributed by atoms with Crippen molar-refractivity contribution < 1.29 is 4.92 Å². The molecule has 2 heterocycles. The molecule has 19 heavy (non-hydrogen) atoms. The predicted octanol–water partition coefficient (Wildman–Crippen LogP) is 1.26. The topological polar surface area (TPSA) is 118 Å². The van der Waals surface area contributed by atoms with Gasteiger partial charge in [-0.2, -0.15) is 15.5 Å². The van der Waals surface area contributed by atoms with Gasteiger partial charge in [0.2, 0.25) is 5.69 Å². The molecule has 0 aliphatic rings. The Morgan fingerprint density at radius 2 is 2.26 bits per heavy atom. The highest BCUT2D eigenvalue weighted by molar-refractivity contribution is 5.50. The van der Waals surface area contributed by atoms with Crippen LogP contribution in [0.15, 0.2) is 30.5 Å². The van der Waals surface area contributed by atoms with Gasteiger partial charge >= 0.3 is 5.69 Å². The monoisotopic (exact) mass is 256 g/mol. The van der Waals surface area contributed by atoms with Crippen molar-refractivity contribution in [3.8, 4) is 6.07 Å². The van der Waals surface area contributed by atoms with Crippen molar-refractivity contribution in [2.75, 3.05) is 5.32 Å². The molecule has 0 aliphatic heterocycles. The molecule has 2 aromatic heterocycles. The lowest BCUT2D eigenvalue weighted by atomic mass is 10.3. The second kappa shape index (κ2) is 5.50. The normalized spacial score (nSPS) is 9.63. The Balaban J connectivity index is 2.14. The summed E-state index contributed by atoms with van der Waals surface area (Å²) in [5.41, 5.74) is 0.155. The third kappa shape index (κ3) is 2.98. The first-order valence-electron chi connectivity index (χ1n) is 5.26. The van der Waals surface area contributed by atoms with E-state index in [1.165, 1.54) is 12.1 Å². The number of nitrogens with one attached hydrogen (secondary N) is 1. The molecule has 2 rings (SSSR count). The maximum atomic E-state index is 10.6. The molecule has 0 bridgehead atoms. The van der Waals surface area contributed by atoms with Crippen LogP contribution < -0.4 is 5.32 Å². The fourth-order valence-corrected chi connectivity index (χ4v) is 1.39. The van der Waals surface area contributed by atoms with Crippen molar-refractivity contribution in [3.63, 3.8) is 0 Å². The van der Waals surface area contributed by atoms with Gasteiger partial charge in [0.05, 0.1) is 17.2 Å². The summed E-state index contributed by atoms with van der Waals surface area (Å²) in [7, 11) is 0. The molecule has 0 unspecified atom stereocenters. The second-order valence-electron chi connectivity index (χ2n) is 3.50. The van der Waals surface area contributed by atoms with Crippen molar-refractivity contribution in [2.45, 2.75) is 6.54 Å². The smallest absolute Gasteiger partial charge is 0.305 e. The van der Waals surface area contributed by atoms with Gasteiger partial charge in [-0.15, -0.1) is 0 Å². The minimum absolute atomic E-state index is 0.228. The molecule has 0 spiro atoms. The molecule has 1 N–H and O–H groups in total. The average Bonchev–Trinajstić information content (AvgIpc) is 2.45. The fourth-order valence-electron chi connectivity index (χ4n) is 1.39. The highest BCUT2D eigenvalue weighted by atomic mass is 16.6. The van der Waals surface area contributed by atoms with E-state index in [-0.39, 0.29) is 11.4 Å². The fraction of sp³-hybridized carbons (Fsp3) is 0.0909. The van der Waals surface area contributed by atoms with Crippen LogP contribution in [0.5, 0.6) is 0 Å². The zero-order valence-electron chi connectivity index (χ0n) is 9.65. The summed E-state index contributed by atoms with van der Waals surface area (Å²) in [5.74, 6) is 0.368. The third-order valence-electron chi connectivity index (χ3n) is 2.25. The van der Waals surface area contributed by atoms with Gasteiger partial charge in [-0.1, -0.05) is 0 Å². The number of hydrogen-bond donors (Lipinski definition) is 1. The van der Waals surface area contributed by atoms with Crippen LogP contribution >= 0.6 is 0 Å². The minimum atomic E-state index is -0.641. The Kier molecular flexibility index (Phi) is 3.59. The standard InChI is InChI=1S/C11H8N6O2/c12-6-9-10(17(18)19)3-4-11(15-9)13-7-8-2-1-5-14-16-8/h1-5H,7H2,(H,13,15). The lowest BCUT2D eigenvalue weighted by Crippen LogP contribution is -2.05. The first-order valence-corrected chi connectivity index (χ1v) is 5.26.